The summed E-state index contributed by atoms with van der Waals surface area (Å²) in [6.07, 6.45) is 3.64. The van der Waals surface area contributed by atoms with Crippen LogP contribution in [0.3, 0.4) is 0 Å². The van der Waals surface area contributed by atoms with Gasteiger partial charge < -0.3 is 13.9 Å². The van der Waals surface area contributed by atoms with Gasteiger partial charge in [-0.3, -0.25) is 4.79 Å². The Morgan fingerprint density at radius 2 is 2.28 bits per heavy atom. The minimum atomic E-state index is -0.380. The van der Waals surface area contributed by atoms with Gasteiger partial charge in [0, 0.05) is 6.61 Å². The van der Waals surface area contributed by atoms with Gasteiger partial charge in [0.25, 0.3) is 0 Å². The molecule has 0 radical (unpaired) electrons. The second-order valence-corrected chi connectivity index (χ2v) is 6.78. The molecule has 1 aliphatic heterocycles. The lowest BCUT2D eigenvalue weighted by Gasteiger charge is -2.24. The van der Waals surface area contributed by atoms with Crippen LogP contribution in [0.5, 0.6) is 0 Å². The van der Waals surface area contributed by atoms with Crippen molar-refractivity contribution in [2.45, 2.75) is 51.4 Å². The summed E-state index contributed by atoms with van der Waals surface area (Å²) in [7, 11) is -0.380. The average molecular weight is 272 g/mol. The fourth-order valence-corrected chi connectivity index (χ4v) is 3.65. The third-order valence-corrected chi connectivity index (χ3v) is 5.46. The first-order valence-corrected chi connectivity index (χ1v) is 8.71. The molecule has 0 aromatic heterocycles. The van der Waals surface area contributed by atoms with Crippen LogP contribution in [0.4, 0.5) is 0 Å². The number of esters is 1. The molecule has 5 heteroatoms. The maximum absolute atomic E-state index is 12.0. The highest BCUT2D eigenvalue weighted by Gasteiger charge is 2.51. The van der Waals surface area contributed by atoms with Crippen LogP contribution in [-0.2, 0) is 18.7 Å². The first-order valence-electron chi connectivity index (χ1n) is 7.14. The van der Waals surface area contributed by atoms with Crippen molar-refractivity contribution in [1.29, 1.82) is 0 Å². The lowest BCUT2D eigenvalue weighted by Crippen LogP contribution is -2.32. The number of epoxide rings is 1. The highest BCUT2D eigenvalue weighted by atomic mass is 28.2. The van der Waals surface area contributed by atoms with Crippen LogP contribution in [0, 0.1) is 11.8 Å². The molecule has 0 aromatic rings. The lowest BCUT2D eigenvalue weighted by atomic mass is 9.80. The molecule has 1 heterocycles. The van der Waals surface area contributed by atoms with Crippen LogP contribution in [0.2, 0.25) is 6.04 Å². The predicted molar refractivity (Wildman–Crippen MR) is 71.1 cm³/mol. The van der Waals surface area contributed by atoms with Crippen molar-refractivity contribution >= 4 is 15.7 Å². The largest absolute Gasteiger partial charge is 0.465 e. The van der Waals surface area contributed by atoms with Gasteiger partial charge in [0.2, 0.25) is 0 Å². The first-order chi connectivity index (χ1) is 8.74. The van der Waals surface area contributed by atoms with E-state index in [0.717, 1.165) is 31.9 Å². The third kappa shape index (κ3) is 3.55. The van der Waals surface area contributed by atoms with Gasteiger partial charge in [0.15, 0.2) is 9.76 Å². The normalized spacial score (nSPS) is 34.6. The fourth-order valence-electron chi connectivity index (χ4n) is 2.75. The molecule has 1 saturated carbocycles. The van der Waals surface area contributed by atoms with Crippen LogP contribution in [0.25, 0.3) is 0 Å². The molecular weight excluding hydrogens is 248 g/mol. The van der Waals surface area contributed by atoms with Crippen molar-refractivity contribution in [3.63, 3.8) is 0 Å². The SMILES string of the molecule is CCO[SiH2]CCCOC(=O)C1CCC2OC2C1C. The van der Waals surface area contributed by atoms with Crippen molar-refractivity contribution in [3.05, 3.63) is 0 Å². The van der Waals surface area contributed by atoms with E-state index >= 15 is 0 Å². The Morgan fingerprint density at radius 1 is 1.44 bits per heavy atom. The van der Waals surface area contributed by atoms with Gasteiger partial charge in [-0.05, 0) is 38.1 Å². The van der Waals surface area contributed by atoms with Gasteiger partial charge in [-0.25, -0.2) is 0 Å². The molecule has 1 aliphatic carbocycles. The van der Waals surface area contributed by atoms with E-state index in [0.29, 0.717) is 24.7 Å². The molecule has 18 heavy (non-hydrogen) atoms. The topological polar surface area (TPSA) is 48.1 Å². The Hall–Kier alpha value is -0.393. The van der Waals surface area contributed by atoms with E-state index in [1.807, 2.05) is 6.92 Å². The Morgan fingerprint density at radius 3 is 3.06 bits per heavy atom. The Balaban J connectivity index is 1.59. The number of carbonyl (C=O) groups excluding carboxylic acids is 1. The summed E-state index contributed by atoms with van der Waals surface area (Å²) in [5.41, 5.74) is 0. The van der Waals surface area contributed by atoms with Gasteiger partial charge in [-0.1, -0.05) is 6.92 Å². The summed E-state index contributed by atoms with van der Waals surface area (Å²) >= 11 is 0. The van der Waals surface area contributed by atoms with Gasteiger partial charge in [0.05, 0.1) is 24.7 Å². The summed E-state index contributed by atoms with van der Waals surface area (Å²) in [4.78, 5) is 12.0. The Bertz CT molecular complexity index is 284. The third-order valence-electron chi connectivity index (χ3n) is 3.97. The number of rotatable bonds is 7. The Labute approximate surface area is 111 Å². The van der Waals surface area contributed by atoms with Crippen molar-refractivity contribution in [2.24, 2.45) is 11.8 Å². The molecule has 0 bridgehead atoms. The summed E-state index contributed by atoms with van der Waals surface area (Å²) in [6.45, 7) is 5.49. The Kier molecular flexibility index (Phi) is 5.21. The van der Waals surface area contributed by atoms with Crippen LogP contribution < -0.4 is 0 Å². The zero-order chi connectivity index (χ0) is 13.0. The van der Waals surface area contributed by atoms with E-state index in [2.05, 4.69) is 6.92 Å². The van der Waals surface area contributed by atoms with Gasteiger partial charge in [-0.2, -0.15) is 0 Å². The van der Waals surface area contributed by atoms with Gasteiger partial charge >= 0.3 is 5.97 Å². The molecule has 1 saturated heterocycles. The summed E-state index contributed by atoms with van der Waals surface area (Å²) in [5, 5.41) is 0. The van der Waals surface area contributed by atoms with Crippen molar-refractivity contribution in [2.75, 3.05) is 13.2 Å². The monoisotopic (exact) mass is 272 g/mol. The molecule has 4 nitrogen and oxygen atoms in total. The zero-order valence-electron chi connectivity index (χ0n) is 11.4. The summed E-state index contributed by atoms with van der Waals surface area (Å²) in [6, 6.07) is 1.09. The number of carbonyl (C=O) groups is 1. The van der Waals surface area contributed by atoms with E-state index in [9.17, 15) is 4.79 Å². The van der Waals surface area contributed by atoms with E-state index in [1.165, 1.54) is 0 Å². The fraction of sp³-hybridized carbons (Fsp3) is 0.923. The van der Waals surface area contributed by atoms with Gasteiger partial charge in [0.1, 0.15) is 0 Å². The molecule has 4 unspecified atom stereocenters. The second kappa shape index (κ2) is 6.68. The second-order valence-electron chi connectivity index (χ2n) is 5.25. The van der Waals surface area contributed by atoms with Crippen LogP contribution in [0.15, 0.2) is 0 Å². The van der Waals surface area contributed by atoms with E-state index < -0.39 is 0 Å². The highest BCUT2D eigenvalue weighted by Crippen LogP contribution is 2.43. The molecule has 0 amide bonds. The van der Waals surface area contributed by atoms with E-state index in [4.69, 9.17) is 13.9 Å². The van der Waals surface area contributed by atoms with E-state index in [1.54, 1.807) is 0 Å². The molecule has 0 spiro atoms. The minimum Gasteiger partial charge on any atom is -0.465 e. The predicted octanol–water partition coefficient (Wildman–Crippen LogP) is 1.27. The maximum Gasteiger partial charge on any atom is 0.309 e. The van der Waals surface area contributed by atoms with Crippen LogP contribution >= 0.6 is 0 Å². The molecule has 0 N–H and O–H groups in total. The number of fused-ring (bicyclic) bond motifs is 1. The number of hydrogen-bond acceptors (Lipinski definition) is 4. The maximum atomic E-state index is 12.0. The average Bonchev–Trinajstić information content (AvgIpc) is 3.14. The summed E-state index contributed by atoms with van der Waals surface area (Å²) < 4.78 is 16.3. The highest BCUT2D eigenvalue weighted by molar-refractivity contribution is 6.26. The zero-order valence-corrected chi connectivity index (χ0v) is 12.8. The van der Waals surface area contributed by atoms with Crippen LogP contribution in [0.1, 0.15) is 33.1 Å². The molecule has 2 rings (SSSR count). The molecule has 0 aromatic carbocycles. The summed E-state index contributed by atoms with van der Waals surface area (Å²) in [5.74, 6) is 0.362. The number of ether oxygens (including phenoxy) is 2. The van der Waals surface area contributed by atoms with Crippen LogP contribution in [-0.4, -0.2) is 41.2 Å². The lowest BCUT2D eigenvalue weighted by molar-refractivity contribution is -0.151. The van der Waals surface area contributed by atoms with Gasteiger partial charge in [-0.15, -0.1) is 0 Å². The molecule has 4 atom stereocenters. The number of hydrogen-bond donors (Lipinski definition) is 0. The molecule has 2 fully saturated rings. The molecular formula is C13H24O4Si. The minimum absolute atomic E-state index is 0.0190. The van der Waals surface area contributed by atoms with Crippen molar-refractivity contribution in [3.8, 4) is 0 Å². The van der Waals surface area contributed by atoms with Crippen molar-refractivity contribution in [1.82, 2.24) is 0 Å². The quantitative estimate of drug-likeness (QED) is 0.303. The standard InChI is InChI=1S/C13H24O4Si/c1-3-16-18-8-4-7-15-13(14)10-5-6-11-12(17-11)9(10)2/h9-12H,3-8,18H2,1-2H3. The smallest absolute Gasteiger partial charge is 0.309 e. The molecule has 2 aliphatic rings. The van der Waals surface area contributed by atoms with Crippen molar-refractivity contribution < 1.29 is 18.7 Å². The molecule has 104 valence electrons. The van der Waals surface area contributed by atoms with E-state index in [-0.39, 0.29) is 21.7 Å². The first kappa shape index (κ1) is 14.0.